The number of hydrogen-bond acceptors (Lipinski definition) is 5. The maximum Gasteiger partial charge on any atom is 0.521 e. The summed E-state index contributed by atoms with van der Waals surface area (Å²) < 4.78 is 16.1. The minimum Gasteiger partial charge on any atom is -0.376 e. The van der Waals surface area contributed by atoms with Crippen LogP contribution in [-0.2, 0) is 13.3 Å². The molecule has 0 aliphatic carbocycles. The van der Waals surface area contributed by atoms with Crippen molar-refractivity contribution in [1.29, 1.82) is 0 Å². The molecule has 1 unspecified atom stereocenters. The van der Waals surface area contributed by atoms with E-state index in [1.807, 2.05) is 6.92 Å². The van der Waals surface area contributed by atoms with Crippen LogP contribution in [0.5, 0.6) is 0 Å². The molecule has 1 atom stereocenters. The van der Waals surface area contributed by atoms with Crippen molar-refractivity contribution in [2.24, 2.45) is 11.5 Å². The van der Waals surface area contributed by atoms with Gasteiger partial charge in [0.15, 0.2) is 0 Å². The normalized spacial score (nSPS) is 16.7. The fourth-order valence-corrected chi connectivity index (χ4v) is 4.27. The molecule has 0 aliphatic rings. The van der Waals surface area contributed by atoms with Crippen molar-refractivity contribution < 1.29 is 13.3 Å². The maximum atomic E-state index is 6.23. The van der Waals surface area contributed by atoms with Crippen LogP contribution < -0.4 is 11.5 Å². The van der Waals surface area contributed by atoms with Gasteiger partial charge in [-0.3, -0.25) is 0 Å². The van der Waals surface area contributed by atoms with Crippen molar-refractivity contribution >= 4 is 8.80 Å². The minimum atomic E-state index is -2.79. The second-order valence-corrected chi connectivity index (χ2v) is 6.55. The van der Waals surface area contributed by atoms with Crippen LogP contribution in [0, 0.1) is 0 Å². The highest BCUT2D eigenvalue weighted by Crippen LogP contribution is 2.26. The Bertz CT molecular complexity index is 158. The molecule has 0 aromatic heterocycles. The van der Waals surface area contributed by atoms with Crippen molar-refractivity contribution in [3.63, 3.8) is 0 Å². The van der Waals surface area contributed by atoms with Crippen LogP contribution in [0.3, 0.4) is 0 Å². The van der Waals surface area contributed by atoms with Crippen LogP contribution in [0.2, 0.25) is 0 Å². The lowest BCUT2D eigenvalue weighted by atomic mass is 10.1. The van der Waals surface area contributed by atoms with Crippen molar-refractivity contribution in [3.8, 4) is 0 Å². The van der Waals surface area contributed by atoms with Crippen molar-refractivity contribution in [2.75, 3.05) is 27.9 Å². The van der Waals surface area contributed by atoms with Crippen LogP contribution in [0.25, 0.3) is 0 Å². The summed E-state index contributed by atoms with van der Waals surface area (Å²) in [6.07, 6.45) is 1.34. The Balaban J connectivity index is 4.90. The van der Waals surface area contributed by atoms with E-state index in [0.717, 1.165) is 0 Å². The maximum absolute atomic E-state index is 6.23. The third-order valence-corrected chi connectivity index (χ3v) is 6.07. The standard InChI is InChI=1S/C8H22N2O3Si/c1-5-8(10,6-7-9)14(11-2,12-3)13-4/h5-7,9-10H2,1-4H3. The number of rotatable bonds is 7. The first-order chi connectivity index (χ1) is 6.55. The molecule has 0 fully saturated rings. The summed E-state index contributed by atoms with van der Waals surface area (Å²) in [5.74, 6) is 0. The first-order valence-corrected chi connectivity index (χ1v) is 6.42. The number of hydrogen-bond donors (Lipinski definition) is 2. The zero-order chi connectivity index (χ0) is 11.2. The molecule has 6 heteroatoms. The lowest BCUT2D eigenvalue weighted by molar-refractivity contribution is 0.0881. The Morgan fingerprint density at radius 3 is 1.79 bits per heavy atom. The van der Waals surface area contributed by atoms with E-state index in [9.17, 15) is 0 Å². The van der Waals surface area contributed by atoms with Crippen molar-refractivity contribution in [1.82, 2.24) is 0 Å². The predicted octanol–water partition coefficient (Wildman–Crippen LogP) is -0.140. The predicted molar refractivity (Wildman–Crippen MR) is 57.7 cm³/mol. The van der Waals surface area contributed by atoms with E-state index < -0.39 is 14.0 Å². The van der Waals surface area contributed by atoms with E-state index in [2.05, 4.69) is 0 Å². The molecule has 0 aliphatic heterocycles. The van der Waals surface area contributed by atoms with Gasteiger partial charge in [0.1, 0.15) is 0 Å². The molecule has 14 heavy (non-hydrogen) atoms. The van der Waals surface area contributed by atoms with Gasteiger partial charge in [0.05, 0.1) is 5.16 Å². The average Bonchev–Trinajstić information content (AvgIpc) is 2.21. The topological polar surface area (TPSA) is 79.7 Å². The van der Waals surface area contributed by atoms with Crippen LogP contribution in [0.4, 0.5) is 0 Å². The van der Waals surface area contributed by atoms with Gasteiger partial charge in [0.2, 0.25) is 0 Å². The second kappa shape index (κ2) is 5.79. The Kier molecular flexibility index (Phi) is 5.80. The van der Waals surface area contributed by atoms with Gasteiger partial charge < -0.3 is 24.7 Å². The minimum absolute atomic E-state index is 0.495. The van der Waals surface area contributed by atoms with E-state index in [1.165, 1.54) is 0 Å². The fourth-order valence-electron chi connectivity index (χ4n) is 1.66. The summed E-state index contributed by atoms with van der Waals surface area (Å²) in [5.41, 5.74) is 11.8. The van der Waals surface area contributed by atoms with E-state index in [0.29, 0.717) is 19.4 Å². The molecule has 0 saturated heterocycles. The lowest BCUT2D eigenvalue weighted by Crippen LogP contribution is -2.69. The summed E-state index contributed by atoms with van der Waals surface area (Å²) >= 11 is 0. The van der Waals surface area contributed by atoms with Gasteiger partial charge in [-0.2, -0.15) is 0 Å². The Hall–Kier alpha value is 0.0169. The molecule has 0 aromatic rings. The molecule has 0 aromatic carbocycles. The quantitative estimate of drug-likeness (QED) is 0.586. The summed E-state index contributed by atoms with van der Waals surface area (Å²) in [6.45, 7) is 2.48. The molecule has 0 amide bonds. The Labute approximate surface area is 87.1 Å². The largest absolute Gasteiger partial charge is 0.521 e. The highest BCUT2D eigenvalue weighted by Gasteiger charge is 2.56. The summed E-state index contributed by atoms with van der Waals surface area (Å²) in [5, 5.41) is -0.597. The molecule has 0 radical (unpaired) electrons. The SMILES string of the molecule is CCC(N)(CCN)[Si](OC)(OC)OC. The molecule has 0 saturated carbocycles. The van der Waals surface area contributed by atoms with Gasteiger partial charge in [-0.15, -0.1) is 0 Å². The van der Waals surface area contributed by atoms with Gasteiger partial charge in [-0.25, -0.2) is 0 Å². The van der Waals surface area contributed by atoms with E-state index in [4.69, 9.17) is 24.7 Å². The van der Waals surface area contributed by atoms with Crippen LogP contribution in [0.1, 0.15) is 19.8 Å². The highest BCUT2D eigenvalue weighted by atomic mass is 28.4. The second-order valence-electron chi connectivity index (χ2n) is 3.22. The van der Waals surface area contributed by atoms with Gasteiger partial charge in [0.25, 0.3) is 0 Å². The molecule has 0 rings (SSSR count). The smallest absolute Gasteiger partial charge is 0.376 e. The van der Waals surface area contributed by atoms with Crippen LogP contribution in [-0.4, -0.2) is 41.8 Å². The average molecular weight is 222 g/mol. The first kappa shape index (κ1) is 14.0. The molecule has 4 N–H and O–H groups in total. The van der Waals surface area contributed by atoms with Gasteiger partial charge in [-0.05, 0) is 19.4 Å². The molecule has 5 nitrogen and oxygen atoms in total. The zero-order valence-electron chi connectivity index (χ0n) is 9.50. The van der Waals surface area contributed by atoms with E-state index >= 15 is 0 Å². The molecule has 0 heterocycles. The molecular weight excluding hydrogens is 200 g/mol. The molecule has 86 valence electrons. The van der Waals surface area contributed by atoms with Gasteiger partial charge >= 0.3 is 8.80 Å². The fraction of sp³-hybridized carbons (Fsp3) is 1.00. The Morgan fingerprint density at radius 1 is 1.14 bits per heavy atom. The third kappa shape index (κ3) is 2.33. The summed E-state index contributed by atoms with van der Waals surface area (Å²) in [4.78, 5) is 0. The van der Waals surface area contributed by atoms with Crippen LogP contribution >= 0.6 is 0 Å². The highest BCUT2D eigenvalue weighted by molar-refractivity contribution is 6.64. The van der Waals surface area contributed by atoms with Gasteiger partial charge in [0, 0.05) is 21.3 Å². The summed E-state index contributed by atoms with van der Waals surface area (Å²) in [7, 11) is 1.89. The summed E-state index contributed by atoms with van der Waals surface area (Å²) in [6, 6.07) is 0. The first-order valence-electron chi connectivity index (χ1n) is 4.70. The molecular formula is C8H22N2O3Si. The van der Waals surface area contributed by atoms with Crippen molar-refractivity contribution in [2.45, 2.75) is 24.9 Å². The van der Waals surface area contributed by atoms with Crippen LogP contribution in [0.15, 0.2) is 0 Å². The van der Waals surface area contributed by atoms with Gasteiger partial charge in [-0.1, -0.05) is 6.92 Å². The Morgan fingerprint density at radius 2 is 1.57 bits per heavy atom. The zero-order valence-corrected chi connectivity index (χ0v) is 10.5. The lowest BCUT2D eigenvalue weighted by Gasteiger charge is -2.40. The number of nitrogens with two attached hydrogens (primary N) is 2. The van der Waals surface area contributed by atoms with E-state index in [1.54, 1.807) is 21.3 Å². The molecule has 0 bridgehead atoms. The third-order valence-electron chi connectivity index (χ3n) is 2.64. The van der Waals surface area contributed by atoms with Crippen molar-refractivity contribution in [3.05, 3.63) is 0 Å². The van der Waals surface area contributed by atoms with E-state index in [-0.39, 0.29) is 0 Å². The molecule has 0 spiro atoms. The monoisotopic (exact) mass is 222 g/mol.